The van der Waals surface area contributed by atoms with Crippen LogP contribution in [0.2, 0.25) is 13.1 Å². The Labute approximate surface area is 218 Å². The molecule has 3 heterocycles. The zero-order valence-electron chi connectivity index (χ0n) is 20.7. The van der Waals surface area contributed by atoms with Gasteiger partial charge in [-0.2, -0.15) is 0 Å². The van der Waals surface area contributed by atoms with Crippen LogP contribution in [0.3, 0.4) is 0 Å². The van der Waals surface area contributed by atoms with Crippen molar-refractivity contribution in [3.05, 3.63) is 109 Å². The minimum absolute atomic E-state index is 0.194. The highest BCUT2D eigenvalue weighted by Gasteiger charge is 2.48. The van der Waals surface area contributed by atoms with Crippen LogP contribution in [-0.4, -0.2) is 15.0 Å². The molecule has 0 saturated heterocycles. The molecular formula is C32H24BNO2Si. The molecule has 0 fully saturated rings. The average Bonchev–Trinajstić information content (AvgIpc) is 2.93. The summed E-state index contributed by atoms with van der Waals surface area (Å²) in [5.74, 6) is 2.64. The molecule has 3 aliphatic rings. The van der Waals surface area contributed by atoms with Gasteiger partial charge in [0.2, 0.25) is 0 Å². The standard InChI is InChI=1S/C32H24BNO2Si/c1-37(2)29-18-9-7-15-26(29)34-27-16-10-14-24-23-13-6-8-17-28(23)36-33(31(24)27)25-19-22(20-30(37)32(25)34)35-21-11-4-3-5-12-21/h3-20H,1-2H3. The first-order valence-electron chi connectivity index (χ1n) is 12.8. The minimum atomic E-state index is -2.04. The van der Waals surface area contributed by atoms with Crippen molar-refractivity contribution < 1.29 is 9.39 Å². The lowest BCUT2D eigenvalue weighted by molar-refractivity contribution is 0.483. The normalized spacial score (nSPS) is 15.1. The predicted octanol–water partition coefficient (Wildman–Crippen LogP) is 5.56. The summed E-state index contributed by atoms with van der Waals surface area (Å²) in [5, 5.41) is 2.83. The first-order valence-corrected chi connectivity index (χ1v) is 15.8. The molecule has 0 atom stereocenters. The number of para-hydroxylation sites is 3. The van der Waals surface area contributed by atoms with Gasteiger partial charge in [0.15, 0.2) is 0 Å². The van der Waals surface area contributed by atoms with E-state index < -0.39 is 8.07 Å². The molecule has 0 aromatic heterocycles. The maximum absolute atomic E-state index is 6.83. The number of hydrogen-bond acceptors (Lipinski definition) is 3. The second-order valence-corrected chi connectivity index (χ2v) is 14.9. The topological polar surface area (TPSA) is 21.7 Å². The number of rotatable bonds is 2. The van der Waals surface area contributed by atoms with E-state index in [0.29, 0.717) is 0 Å². The van der Waals surface area contributed by atoms with Gasteiger partial charge in [0.05, 0.1) is 0 Å². The van der Waals surface area contributed by atoms with Gasteiger partial charge in [-0.3, -0.25) is 0 Å². The second kappa shape index (κ2) is 7.40. The smallest absolute Gasteiger partial charge is 0.431 e. The lowest BCUT2D eigenvalue weighted by Gasteiger charge is -2.47. The van der Waals surface area contributed by atoms with Crippen molar-refractivity contribution in [1.29, 1.82) is 0 Å². The molecule has 0 saturated carbocycles. The molecule has 8 rings (SSSR count). The lowest BCUT2D eigenvalue weighted by atomic mass is 9.49. The van der Waals surface area contributed by atoms with E-state index in [2.05, 4.69) is 96.9 Å². The summed E-state index contributed by atoms with van der Waals surface area (Å²) in [4.78, 5) is 2.48. The maximum atomic E-state index is 6.83. The Morgan fingerprint density at radius 1 is 0.676 bits per heavy atom. The van der Waals surface area contributed by atoms with E-state index in [0.717, 1.165) is 22.8 Å². The van der Waals surface area contributed by atoms with Crippen LogP contribution in [0.25, 0.3) is 11.1 Å². The number of hydrogen-bond donors (Lipinski definition) is 0. The van der Waals surface area contributed by atoms with Crippen LogP contribution < -0.4 is 35.6 Å². The Bertz CT molecular complexity index is 1730. The third-order valence-corrected chi connectivity index (χ3v) is 11.6. The van der Waals surface area contributed by atoms with Crippen LogP contribution in [-0.2, 0) is 0 Å². The van der Waals surface area contributed by atoms with E-state index in [1.807, 2.05) is 30.3 Å². The fourth-order valence-corrected chi connectivity index (χ4v) is 9.40. The molecule has 5 aromatic carbocycles. The molecule has 0 spiro atoms. The van der Waals surface area contributed by atoms with Crippen molar-refractivity contribution in [3.8, 4) is 28.4 Å². The van der Waals surface area contributed by atoms with Gasteiger partial charge in [0, 0.05) is 28.1 Å². The van der Waals surface area contributed by atoms with Gasteiger partial charge in [-0.25, -0.2) is 0 Å². The summed E-state index contributed by atoms with van der Waals surface area (Å²) in [5.41, 5.74) is 8.56. The lowest BCUT2D eigenvalue weighted by Crippen LogP contribution is -2.65. The summed E-state index contributed by atoms with van der Waals surface area (Å²) in [7, 11) is -2.04. The van der Waals surface area contributed by atoms with E-state index in [9.17, 15) is 0 Å². The Hall–Kier alpha value is -4.22. The highest BCUT2D eigenvalue weighted by atomic mass is 28.3. The van der Waals surface area contributed by atoms with Crippen molar-refractivity contribution in [2.45, 2.75) is 13.1 Å². The van der Waals surface area contributed by atoms with Crippen molar-refractivity contribution in [1.82, 2.24) is 0 Å². The number of fused-ring (bicyclic) bond motifs is 6. The van der Waals surface area contributed by atoms with Gasteiger partial charge in [-0.1, -0.05) is 79.8 Å². The molecule has 0 bridgehead atoms. The van der Waals surface area contributed by atoms with Crippen molar-refractivity contribution in [2.75, 3.05) is 4.90 Å². The average molecular weight is 493 g/mol. The highest BCUT2D eigenvalue weighted by molar-refractivity contribution is 7.03. The summed E-state index contributed by atoms with van der Waals surface area (Å²) >= 11 is 0. The first-order chi connectivity index (χ1) is 18.1. The molecule has 3 nitrogen and oxygen atoms in total. The van der Waals surface area contributed by atoms with Crippen molar-refractivity contribution in [3.63, 3.8) is 0 Å². The quantitative estimate of drug-likeness (QED) is 0.301. The molecule has 5 heteroatoms. The van der Waals surface area contributed by atoms with Gasteiger partial charge < -0.3 is 14.3 Å². The largest absolute Gasteiger partial charge is 0.551 e. The SMILES string of the molecule is C[Si]1(C)c2ccccc2N2c3cccc4c3B(Oc3ccccc3-4)c3cc(Oc4ccccc4)cc1c32. The van der Waals surface area contributed by atoms with Crippen LogP contribution in [0.4, 0.5) is 17.1 Å². The molecule has 37 heavy (non-hydrogen) atoms. The number of ether oxygens (including phenoxy) is 1. The third kappa shape index (κ3) is 2.83. The maximum Gasteiger partial charge on any atom is 0.431 e. The van der Waals surface area contributed by atoms with E-state index in [-0.39, 0.29) is 6.92 Å². The molecule has 0 N–H and O–H groups in total. The van der Waals surface area contributed by atoms with E-state index in [1.165, 1.54) is 43.9 Å². The van der Waals surface area contributed by atoms with Crippen LogP contribution in [0.5, 0.6) is 17.2 Å². The van der Waals surface area contributed by atoms with Crippen LogP contribution in [0.1, 0.15) is 0 Å². The van der Waals surface area contributed by atoms with Crippen molar-refractivity contribution >= 4 is 53.4 Å². The molecule has 0 unspecified atom stereocenters. The Morgan fingerprint density at radius 2 is 1.41 bits per heavy atom. The molecule has 0 radical (unpaired) electrons. The molecule has 0 aliphatic carbocycles. The first kappa shape index (κ1) is 20.9. The number of nitrogens with zero attached hydrogens (tertiary/aromatic N) is 1. The third-order valence-electron chi connectivity index (χ3n) is 8.10. The van der Waals surface area contributed by atoms with E-state index >= 15 is 0 Å². The summed E-state index contributed by atoms with van der Waals surface area (Å²) in [6.07, 6.45) is 0. The zero-order chi connectivity index (χ0) is 24.7. The molecule has 176 valence electrons. The molecule has 5 aromatic rings. The van der Waals surface area contributed by atoms with Crippen LogP contribution in [0, 0.1) is 0 Å². The fourth-order valence-electron chi connectivity index (χ4n) is 6.41. The molecule has 0 amide bonds. The summed E-state index contributed by atoms with van der Waals surface area (Å²) < 4.78 is 13.3. The number of anilines is 3. The van der Waals surface area contributed by atoms with Gasteiger partial charge in [0.25, 0.3) is 0 Å². The van der Waals surface area contributed by atoms with E-state index in [4.69, 9.17) is 9.39 Å². The monoisotopic (exact) mass is 493 g/mol. The fraction of sp³-hybridized carbons (Fsp3) is 0.0625. The minimum Gasteiger partial charge on any atom is -0.551 e. The number of benzene rings is 5. The summed E-state index contributed by atoms with van der Waals surface area (Å²) in [6, 6.07) is 38.6. The zero-order valence-corrected chi connectivity index (χ0v) is 21.7. The Balaban J connectivity index is 1.45. The Kier molecular flexibility index (Phi) is 4.19. The summed E-state index contributed by atoms with van der Waals surface area (Å²) in [6.45, 7) is 4.71. The van der Waals surface area contributed by atoms with Crippen molar-refractivity contribution in [2.24, 2.45) is 0 Å². The predicted molar refractivity (Wildman–Crippen MR) is 155 cm³/mol. The van der Waals surface area contributed by atoms with Gasteiger partial charge >= 0.3 is 6.92 Å². The van der Waals surface area contributed by atoms with Gasteiger partial charge in [-0.05, 0) is 63.9 Å². The van der Waals surface area contributed by atoms with Crippen LogP contribution in [0.15, 0.2) is 109 Å². The second-order valence-electron chi connectivity index (χ2n) is 10.5. The highest BCUT2D eigenvalue weighted by Crippen LogP contribution is 2.44. The Morgan fingerprint density at radius 3 is 2.30 bits per heavy atom. The molecular weight excluding hydrogens is 469 g/mol. The van der Waals surface area contributed by atoms with Gasteiger partial charge in [-0.15, -0.1) is 0 Å². The van der Waals surface area contributed by atoms with Gasteiger partial charge in [0.1, 0.15) is 25.3 Å². The van der Waals surface area contributed by atoms with E-state index in [1.54, 1.807) is 0 Å². The van der Waals surface area contributed by atoms with Crippen LogP contribution >= 0.6 is 0 Å². The molecule has 3 aliphatic heterocycles.